The lowest BCUT2D eigenvalue weighted by molar-refractivity contribution is -0.127. The fourth-order valence-corrected chi connectivity index (χ4v) is 2.50. The lowest BCUT2D eigenvalue weighted by Gasteiger charge is -2.15. The Morgan fingerprint density at radius 1 is 1.14 bits per heavy atom. The maximum atomic E-state index is 12.2. The van der Waals surface area contributed by atoms with E-state index >= 15 is 0 Å². The van der Waals surface area contributed by atoms with Crippen molar-refractivity contribution in [2.45, 2.75) is 44.9 Å². The molecule has 122 valence electrons. The fraction of sp³-hybridized carbons (Fsp3) is 0.529. The molecule has 0 fully saturated rings. The number of amides is 1. The van der Waals surface area contributed by atoms with Gasteiger partial charge < -0.3 is 16.6 Å². The highest BCUT2D eigenvalue weighted by Crippen LogP contribution is 2.23. The molecule has 5 nitrogen and oxygen atoms in total. The van der Waals surface area contributed by atoms with Gasteiger partial charge in [0.25, 0.3) is 0 Å². The van der Waals surface area contributed by atoms with Gasteiger partial charge in [0, 0.05) is 18.8 Å². The van der Waals surface area contributed by atoms with Crippen LogP contribution < -0.4 is 11.5 Å². The van der Waals surface area contributed by atoms with E-state index in [-0.39, 0.29) is 23.9 Å². The molecule has 5 heteroatoms. The zero-order chi connectivity index (χ0) is 16.5. The normalized spacial score (nSPS) is 13.5. The number of ketones is 1. The van der Waals surface area contributed by atoms with Gasteiger partial charge in [0.15, 0.2) is 0 Å². The van der Waals surface area contributed by atoms with Crippen LogP contribution in [0.1, 0.15) is 50.5 Å². The minimum atomic E-state index is -0.414. The Morgan fingerprint density at radius 3 is 2.32 bits per heavy atom. The van der Waals surface area contributed by atoms with Crippen LogP contribution in [-0.2, 0) is 9.59 Å². The highest BCUT2D eigenvalue weighted by Gasteiger charge is 2.20. The van der Waals surface area contributed by atoms with Crippen LogP contribution in [0.4, 0.5) is 0 Å². The molecule has 22 heavy (non-hydrogen) atoms. The van der Waals surface area contributed by atoms with Crippen molar-refractivity contribution in [3.63, 3.8) is 0 Å². The Morgan fingerprint density at radius 2 is 1.77 bits per heavy atom. The molecule has 0 saturated heterocycles. The molecule has 0 aliphatic rings. The first-order valence-electron chi connectivity index (χ1n) is 7.74. The van der Waals surface area contributed by atoms with Crippen LogP contribution >= 0.6 is 0 Å². The van der Waals surface area contributed by atoms with Gasteiger partial charge in [-0.25, -0.2) is 0 Å². The highest BCUT2D eigenvalue weighted by atomic mass is 16.3. The smallest absolute Gasteiger partial charge is 0.220 e. The summed E-state index contributed by atoms with van der Waals surface area (Å²) in [5, 5.41) is 9.28. The number of unbranched alkanes of at least 4 members (excludes halogenated alkanes) is 1. The van der Waals surface area contributed by atoms with Gasteiger partial charge in [0.2, 0.25) is 5.91 Å². The molecule has 0 aliphatic heterocycles. The SMILES string of the molecule is CC(CC(=O)C[C@@H](CCCCN)C(N)=O)c1ccc(O)cc1. The van der Waals surface area contributed by atoms with Crippen LogP contribution in [0.25, 0.3) is 0 Å². The first-order valence-corrected chi connectivity index (χ1v) is 7.74. The molecular weight excluding hydrogens is 280 g/mol. The number of hydrogen-bond acceptors (Lipinski definition) is 4. The summed E-state index contributed by atoms with van der Waals surface area (Å²) in [4.78, 5) is 23.6. The molecular formula is C17H26N2O3. The third-order valence-corrected chi connectivity index (χ3v) is 3.88. The topological polar surface area (TPSA) is 106 Å². The molecule has 0 heterocycles. The van der Waals surface area contributed by atoms with Gasteiger partial charge in [0.05, 0.1) is 0 Å². The van der Waals surface area contributed by atoms with E-state index in [0.29, 0.717) is 19.4 Å². The third-order valence-electron chi connectivity index (χ3n) is 3.88. The highest BCUT2D eigenvalue weighted by molar-refractivity contribution is 5.86. The number of primary amides is 1. The molecule has 0 spiro atoms. The largest absolute Gasteiger partial charge is 0.508 e. The minimum Gasteiger partial charge on any atom is -0.508 e. The predicted molar refractivity (Wildman–Crippen MR) is 86.4 cm³/mol. The van der Waals surface area contributed by atoms with Crippen molar-refractivity contribution < 1.29 is 14.7 Å². The monoisotopic (exact) mass is 306 g/mol. The average molecular weight is 306 g/mol. The number of nitrogens with two attached hydrogens (primary N) is 2. The van der Waals surface area contributed by atoms with E-state index < -0.39 is 11.8 Å². The van der Waals surface area contributed by atoms with Crippen LogP contribution in [0.2, 0.25) is 0 Å². The Balaban J connectivity index is 2.51. The molecule has 0 aliphatic carbocycles. The lowest BCUT2D eigenvalue weighted by atomic mass is 9.89. The number of benzene rings is 1. The maximum absolute atomic E-state index is 12.2. The van der Waals surface area contributed by atoms with E-state index in [1.807, 2.05) is 6.92 Å². The van der Waals surface area contributed by atoms with Crippen molar-refractivity contribution in [1.82, 2.24) is 0 Å². The Kier molecular flexibility index (Phi) is 7.60. The molecule has 0 bridgehead atoms. The molecule has 5 N–H and O–H groups in total. The molecule has 1 unspecified atom stereocenters. The third kappa shape index (κ3) is 6.26. The van der Waals surface area contributed by atoms with Crippen molar-refractivity contribution in [2.24, 2.45) is 17.4 Å². The first kappa shape index (κ1) is 18.2. The summed E-state index contributed by atoms with van der Waals surface area (Å²) in [6.45, 7) is 2.54. The Hall–Kier alpha value is -1.88. The van der Waals surface area contributed by atoms with Crippen LogP contribution in [0, 0.1) is 5.92 Å². The zero-order valence-corrected chi connectivity index (χ0v) is 13.1. The van der Waals surface area contributed by atoms with Crippen molar-refractivity contribution in [2.75, 3.05) is 6.54 Å². The summed E-state index contributed by atoms with van der Waals surface area (Å²) < 4.78 is 0. The second-order valence-corrected chi connectivity index (χ2v) is 5.82. The van der Waals surface area contributed by atoms with Crippen LogP contribution in [0.15, 0.2) is 24.3 Å². The van der Waals surface area contributed by atoms with Crippen molar-refractivity contribution in [1.29, 1.82) is 0 Å². The first-order chi connectivity index (χ1) is 10.4. The van der Waals surface area contributed by atoms with Crippen molar-refractivity contribution in [3.05, 3.63) is 29.8 Å². The number of hydrogen-bond donors (Lipinski definition) is 3. The van der Waals surface area contributed by atoms with E-state index in [0.717, 1.165) is 18.4 Å². The summed E-state index contributed by atoms with van der Waals surface area (Å²) in [5.74, 6) is -0.521. The molecule has 0 saturated carbocycles. The molecule has 1 aromatic rings. The predicted octanol–water partition coefficient (Wildman–Crippen LogP) is 2.08. The number of Topliss-reactive ketones (excluding diaryl/α,β-unsaturated/α-hetero) is 1. The number of carbonyl (C=O) groups is 2. The van der Waals surface area contributed by atoms with Gasteiger partial charge in [-0.1, -0.05) is 25.5 Å². The van der Waals surface area contributed by atoms with E-state index in [4.69, 9.17) is 11.5 Å². The van der Waals surface area contributed by atoms with E-state index in [2.05, 4.69) is 0 Å². The molecule has 0 aromatic heterocycles. The fourth-order valence-electron chi connectivity index (χ4n) is 2.50. The number of phenols is 1. The molecule has 1 aromatic carbocycles. The summed E-state index contributed by atoms with van der Waals surface area (Å²) in [5.41, 5.74) is 11.8. The van der Waals surface area contributed by atoms with Gasteiger partial charge in [-0.15, -0.1) is 0 Å². The Labute approximate surface area is 131 Å². The average Bonchev–Trinajstić information content (AvgIpc) is 2.46. The maximum Gasteiger partial charge on any atom is 0.220 e. The van der Waals surface area contributed by atoms with Gasteiger partial charge in [-0.3, -0.25) is 9.59 Å². The summed E-state index contributed by atoms with van der Waals surface area (Å²) in [6.07, 6.45) is 2.83. The number of phenolic OH excluding ortho intramolecular Hbond substituents is 1. The second-order valence-electron chi connectivity index (χ2n) is 5.82. The van der Waals surface area contributed by atoms with Crippen LogP contribution in [0.5, 0.6) is 5.75 Å². The molecule has 0 radical (unpaired) electrons. The second kappa shape index (κ2) is 9.20. The van der Waals surface area contributed by atoms with Crippen LogP contribution in [-0.4, -0.2) is 23.3 Å². The van der Waals surface area contributed by atoms with Crippen LogP contribution in [0.3, 0.4) is 0 Å². The Bertz CT molecular complexity index is 485. The lowest BCUT2D eigenvalue weighted by Crippen LogP contribution is -2.26. The van der Waals surface area contributed by atoms with Crippen molar-refractivity contribution in [3.8, 4) is 5.75 Å². The standard InChI is InChI=1S/C17H26N2O3/c1-12(13-5-7-15(20)8-6-13)10-16(21)11-14(17(19)22)4-2-3-9-18/h5-8,12,14,20H,2-4,9-11,18H2,1H3,(H2,19,22)/t12?,14-/m1/s1. The quantitative estimate of drug-likeness (QED) is 0.575. The molecule has 1 amide bonds. The summed E-state index contributed by atoms with van der Waals surface area (Å²) >= 11 is 0. The molecule has 1 rings (SSSR count). The van der Waals surface area contributed by atoms with Crippen molar-refractivity contribution >= 4 is 11.7 Å². The number of carbonyl (C=O) groups excluding carboxylic acids is 2. The zero-order valence-electron chi connectivity index (χ0n) is 13.1. The van der Waals surface area contributed by atoms with E-state index in [1.54, 1.807) is 24.3 Å². The summed E-state index contributed by atoms with van der Waals surface area (Å²) in [7, 11) is 0. The van der Waals surface area contributed by atoms with Gasteiger partial charge in [-0.2, -0.15) is 0 Å². The number of aromatic hydroxyl groups is 1. The minimum absolute atomic E-state index is 0.0390. The molecule has 2 atom stereocenters. The van der Waals surface area contributed by atoms with Gasteiger partial charge in [-0.05, 0) is 43.0 Å². The van der Waals surface area contributed by atoms with Gasteiger partial charge >= 0.3 is 0 Å². The van der Waals surface area contributed by atoms with E-state index in [9.17, 15) is 14.7 Å². The summed E-state index contributed by atoms with van der Waals surface area (Å²) in [6, 6.07) is 6.82. The van der Waals surface area contributed by atoms with E-state index in [1.165, 1.54) is 0 Å². The number of rotatable bonds is 10. The van der Waals surface area contributed by atoms with Gasteiger partial charge in [0.1, 0.15) is 11.5 Å².